The van der Waals surface area contributed by atoms with Crippen LogP contribution in [0, 0.1) is 0 Å². The molecule has 1 aromatic carbocycles. The third-order valence-corrected chi connectivity index (χ3v) is 1.78. The van der Waals surface area contributed by atoms with Gasteiger partial charge in [0.15, 0.2) is 0 Å². The van der Waals surface area contributed by atoms with Crippen molar-refractivity contribution < 1.29 is 4.79 Å². The minimum Gasteiger partial charge on any atom is -0.211 e. The van der Waals surface area contributed by atoms with Crippen molar-refractivity contribution in [3.63, 3.8) is 0 Å². The van der Waals surface area contributed by atoms with Crippen LogP contribution in [0.3, 0.4) is 0 Å². The van der Waals surface area contributed by atoms with Crippen molar-refractivity contribution in [1.29, 1.82) is 0 Å². The van der Waals surface area contributed by atoms with Crippen molar-refractivity contribution in [2.45, 2.75) is 0 Å². The normalized spacial score (nSPS) is 8.75. The zero-order valence-electron chi connectivity index (χ0n) is 6.02. The van der Waals surface area contributed by atoms with E-state index in [4.69, 9.17) is 12.2 Å². The summed E-state index contributed by atoms with van der Waals surface area (Å²) in [6, 6.07) is 6.88. The van der Waals surface area contributed by atoms with Crippen LogP contribution in [-0.2, 0) is 4.79 Å². The van der Waals surface area contributed by atoms with Gasteiger partial charge >= 0.3 is 0 Å². The molecule has 0 saturated carbocycles. The van der Waals surface area contributed by atoms with E-state index in [1.807, 2.05) is 0 Å². The molecule has 0 spiro atoms. The predicted molar refractivity (Wildman–Crippen MR) is 54.9 cm³/mol. The fourth-order valence-electron chi connectivity index (χ4n) is 0.731. The number of carbonyl (C=O) groups excluding carboxylic acids is 1. The molecule has 0 aliphatic carbocycles. The lowest BCUT2D eigenvalue weighted by molar-refractivity contribution is 0.565. The maximum Gasteiger partial charge on any atom is 0.240 e. The largest absolute Gasteiger partial charge is 0.240 e. The number of aliphatic imine (C=N–C) groups is 1. The van der Waals surface area contributed by atoms with Crippen molar-refractivity contribution in [3.8, 4) is 0 Å². The topological polar surface area (TPSA) is 29.4 Å². The van der Waals surface area contributed by atoms with Crippen molar-refractivity contribution in [2.24, 2.45) is 4.99 Å². The van der Waals surface area contributed by atoms with Crippen molar-refractivity contribution >= 4 is 40.8 Å². The third-order valence-electron chi connectivity index (χ3n) is 1.29. The summed E-state index contributed by atoms with van der Waals surface area (Å²) in [5.74, 6) is 0. The Labute approximate surface area is 80.7 Å². The first kappa shape index (κ1) is 9.13. The number of hydrogen-bond acceptors (Lipinski definition) is 3. The number of thiol groups is 1. The first-order chi connectivity index (χ1) is 5.74. The Morgan fingerprint density at radius 3 is 2.42 bits per heavy atom. The van der Waals surface area contributed by atoms with Crippen molar-refractivity contribution in [2.75, 3.05) is 0 Å². The molecule has 12 heavy (non-hydrogen) atoms. The van der Waals surface area contributed by atoms with Crippen molar-refractivity contribution in [1.82, 2.24) is 0 Å². The van der Waals surface area contributed by atoms with Gasteiger partial charge in [-0.1, -0.05) is 24.4 Å². The molecule has 1 rings (SSSR count). The molecule has 0 atom stereocenters. The molecule has 0 heterocycles. The molecule has 0 unspecified atom stereocenters. The highest BCUT2D eigenvalue weighted by atomic mass is 32.1. The van der Waals surface area contributed by atoms with Gasteiger partial charge in [0.25, 0.3) is 0 Å². The Morgan fingerprint density at radius 1 is 1.42 bits per heavy atom. The average Bonchev–Trinajstić information content (AvgIpc) is 2.06. The molecule has 2 nitrogen and oxygen atoms in total. The zero-order chi connectivity index (χ0) is 8.97. The van der Waals surface area contributed by atoms with E-state index in [0.29, 0.717) is 9.88 Å². The van der Waals surface area contributed by atoms with E-state index in [1.54, 1.807) is 24.3 Å². The molecular weight excluding hydrogens is 190 g/mol. The van der Waals surface area contributed by atoms with Gasteiger partial charge in [-0.2, -0.15) is 4.99 Å². The summed E-state index contributed by atoms with van der Waals surface area (Å²) in [6.45, 7) is 0. The van der Waals surface area contributed by atoms with Gasteiger partial charge in [-0.05, 0) is 17.7 Å². The lowest BCUT2D eigenvalue weighted by Gasteiger charge is -1.95. The summed E-state index contributed by atoms with van der Waals surface area (Å²) < 4.78 is 0.525. The van der Waals surface area contributed by atoms with E-state index in [0.717, 1.165) is 5.56 Å². The minimum atomic E-state index is 0.525. The van der Waals surface area contributed by atoms with Gasteiger partial charge in [0, 0.05) is 0 Å². The fourth-order valence-corrected chi connectivity index (χ4v) is 1.02. The third kappa shape index (κ3) is 2.27. The van der Waals surface area contributed by atoms with E-state index in [2.05, 4.69) is 17.6 Å². The predicted octanol–water partition coefficient (Wildman–Crippen LogP) is 2.26. The van der Waals surface area contributed by atoms with Gasteiger partial charge in [0.1, 0.15) is 0 Å². The summed E-state index contributed by atoms with van der Waals surface area (Å²) in [5, 5.41) is 0. The zero-order valence-corrected chi connectivity index (χ0v) is 7.73. The number of benzene rings is 1. The van der Waals surface area contributed by atoms with Crippen LogP contribution in [0.4, 0.5) is 5.69 Å². The number of nitrogens with zero attached hydrogens (tertiary/aromatic N) is 1. The molecule has 0 bridgehead atoms. The van der Waals surface area contributed by atoms with Crippen LogP contribution in [0.2, 0.25) is 0 Å². The first-order valence-electron chi connectivity index (χ1n) is 3.15. The Balaban J connectivity index is 3.00. The molecular formula is C8H5NOS2. The Hall–Kier alpha value is -0.960. The fraction of sp³-hybridized carbons (Fsp3) is 0. The Bertz CT molecular complexity index is 318. The van der Waals surface area contributed by atoms with Gasteiger partial charge < -0.3 is 0 Å². The summed E-state index contributed by atoms with van der Waals surface area (Å²) in [7, 11) is 0. The second-order valence-electron chi connectivity index (χ2n) is 2.06. The highest BCUT2D eigenvalue weighted by Crippen LogP contribution is 2.13. The summed E-state index contributed by atoms with van der Waals surface area (Å²) in [4.78, 5) is 13.3. The van der Waals surface area contributed by atoms with E-state index in [9.17, 15) is 4.79 Å². The standard InChI is InChI=1S/C8H5NOS2/c10-5-9-7-3-1-6(2-4-7)8(11)12/h1-4H,(H,11,12). The molecule has 0 aliphatic rings. The van der Waals surface area contributed by atoms with Crippen molar-refractivity contribution in [3.05, 3.63) is 29.8 Å². The van der Waals surface area contributed by atoms with E-state index >= 15 is 0 Å². The second-order valence-corrected chi connectivity index (χ2v) is 3.21. The smallest absolute Gasteiger partial charge is 0.211 e. The highest BCUT2D eigenvalue weighted by molar-refractivity contribution is 8.11. The Morgan fingerprint density at radius 2 is 2.00 bits per heavy atom. The number of isocyanates is 1. The minimum absolute atomic E-state index is 0.525. The lowest BCUT2D eigenvalue weighted by Crippen LogP contribution is -1.84. The average molecular weight is 195 g/mol. The van der Waals surface area contributed by atoms with Gasteiger partial charge in [-0.25, -0.2) is 4.79 Å². The van der Waals surface area contributed by atoms with Crippen LogP contribution in [0.1, 0.15) is 5.56 Å². The monoisotopic (exact) mass is 195 g/mol. The molecule has 0 amide bonds. The van der Waals surface area contributed by atoms with E-state index in [1.165, 1.54) is 6.08 Å². The molecule has 1 aromatic rings. The molecule has 0 fully saturated rings. The van der Waals surface area contributed by atoms with Gasteiger partial charge in [0.05, 0.1) is 9.88 Å². The van der Waals surface area contributed by atoms with Crippen LogP contribution < -0.4 is 0 Å². The summed E-state index contributed by atoms with van der Waals surface area (Å²) in [5.41, 5.74) is 1.41. The molecule has 0 saturated heterocycles. The number of thiocarbonyl (C=S) groups is 1. The number of rotatable bonds is 2. The SMILES string of the molecule is O=C=Nc1ccc(C(=S)S)cc1. The van der Waals surface area contributed by atoms with Crippen LogP contribution in [0.25, 0.3) is 0 Å². The lowest BCUT2D eigenvalue weighted by atomic mass is 10.2. The van der Waals surface area contributed by atoms with Gasteiger partial charge in [0.2, 0.25) is 6.08 Å². The van der Waals surface area contributed by atoms with Crippen LogP contribution >= 0.6 is 24.8 Å². The van der Waals surface area contributed by atoms with Crippen LogP contribution in [-0.4, -0.2) is 10.3 Å². The summed E-state index contributed by atoms with van der Waals surface area (Å²) in [6.07, 6.45) is 1.46. The molecule has 0 radical (unpaired) electrons. The van der Waals surface area contributed by atoms with Crippen LogP contribution in [0.5, 0.6) is 0 Å². The molecule has 0 aliphatic heterocycles. The summed E-state index contributed by atoms with van der Waals surface area (Å²) >= 11 is 8.82. The first-order valence-corrected chi connectivity index (χ1v) is 4.01. The maximum atomic E-state index is 9.86. The molecule has 0 aromatic heterocycles. The van der Waals surface area contributed by atoms with Crippen LogP contribution in [0.15, 0.2) is 29.3 Å². The molecule has 0 N–H and O–H groups in total. The van der Waals surface area contributed by atoms with E-state index < -0.39 is 0 Å². The highest BCUT2D eigenvalue weighted by Gasteiger charge is 1.94. The molecule has 4 heteroatoms. The Kier molecular flexibility index (Phi) is 3.17. The van der Waals surface area contributed by atoms with Gasteiger partial charge in [-0.3, -0.25) is 0 Å². The molecule has 60 valence electrons. The van der Waals surface area contributed by atoms with E-state index in [-0.39, 0.29) is 0 Å². The quantitative estimate of drug-likeness (QED) is 0.339. The second kappa shape index (κ2) is 4.16. The maximum absolute atomic E-state index is 9.86. The van der Waals surface area contributed by atoms with Gasteiger partial charge in [-0.15, -0.1) is 12.6 Å². The number of hydrogen-bond donors (Lipinski definition) is 1.